The van der Waals surface area contributed by atoms with Crippen molar-refractivity contribution in [2.45, 2.75) is 13.3 Å². The second-order valence-electron chi connectivity index (χ2n) is 6.83. The van der Waals surface area contributed by atoms with Crippen LogP contribution in [0.3, 0.4) is 0 Å². The van der Waals surface area contributed by atoms with Gasteiger partial charge in [-0.05, 0) is 49.4 Å². The number of amides is 1. The van der Waals surface area contributed by atoms with Gasteiger partial charge in [0, 0.05) is 43.2 Å². The van der Waals surface area contributed by atoms with Gasteiger partial charge in [-0.3, -0.25) is 14.3 Å². The second-order valence-corrected chi connectivity index (χ2v) is 6.83. The summed E-state index contributed by atoms with van der Waals surface area (Å²) in [6.07, 6.45) is 2.50. The number of hydrogen-bond acceptors (Lipinski definition) is 3. The Balaban J connectivity index is 1.57. The number of carbonyl (C=O) groups is 1. The maximum absolute atomic E-state index is 12.8. The second kappa shape index (κ2) is 7.64. The Bertz CT molecular complexity index is 1100. The summed E-state index contributed by atoms with van der Waals surface area (Å²) in [5.41, 5.74) is 4.51. The van der Waals surface area contributed by atoms with Gasteiger partial charge in [0.25, 0.3) is 5.91 Å². The molecule has 4 aromatic rings. The third-order valence-electron chi connectivity index (χ3n) is 4.86. The highest BCUT2D eigenvalue weighted by atomic mass is 16.2. The molecule has 0 unspecified atom stereocenters. The standard InChI is InChI=1S/C23H22N4O/c1-17-25-21-16-18(11-12-22(21)27(17)20-9-4-3-5-10-20)23(28)26(2)15-13-19-8-6-7-14-24-19/h3-12,14,16H,13,15H2,1-2H3. The molecule has 0 saturated heterocycles. The molecule has 4 rings (SSSR count). The van der Waals surface area contributed by atoms with Crippen LogP contribution in [0.2, 0.25) is 0 Å². The molecule has 1 amide bonds. The van der Waals surface area contributed by atoms with E-state index in [0.29, 0.717) is 12.1 Å². The number of aryl methyl sites for hydroxylation is 1. The fourth-order valence-corrected chi connectivity index (χ4v) is 3.39. The topological polar surface area (TPSA) is 51.0 Å². The van der Waals surface area contributed by atoms with Crippen LogP contribution in [0.25, 0.3) is 16.7 Å². The highest BCUT2D eigenvalue weighted by Crippen LogP contribution is 2.22. The summed E-state index contributed by atoms with van der Waals surface area (Å²) >= 11 is 0. The van der Waals surface area contributed by atoms with E-state index in [9.17, 15) is 4.79 Å². The number of hydrogen-bond donors (Lipinski definition) is 0. The van der Waals surface area contributed by atoms with Gasteiger partial charge < -0.3 is 4.90 Å². The third kappa shape index (κ3) is 3.51. The lowest BCUT2D eigenvalue weighted by Gasteiger charge is -2.17. The molecule has 5 heteroatoms. The highest BCUT2D eigenvalue weighted by Gasteiger charge is 2.15. The summed E-state index contributed by atoms with van der Waals surface area (Å²) in [7, 11) is 1.82. The van der Waals surface area contributed by atoms with Crippen molar-refractivity contribution in [2.75, 3.05) is 13.6 Å². The molecule has 28 heavy (non-hydrogen) atoms. The normalized spacial score (nSPS) is 10.9. The van der Waals surface area contributed by atoms with Crippen molar-refractivity contribution >= 4 is 16.9 Å². The Hall–Kier alpha value is -3.47. The van der Waals surface area contributed by atoms with Crippen LogP contribution in [-0.4, -0.2) is 38.9 Å². The van der Waals surface area contributed by atoms with Gasteiger partial charge in [0.1, 0.15) is 5.82 Å². The number of benzene rings is 2. The van der Waals surface area contributed by atoms with E-state index in [1.165, 1.54) is 0 Å². The Morgan fingerprint density at radius 1 is 1.04 bits per heavy atom. The van der Waals surface area contributed by atoms with Gasteiger partial charge >= 0.3 is 0 Å². The minimum atomic E-state index is -0.00950. The summed E-state index contributed by atoms with van der Waals surface area (Å²) in [6.45, 7) is 2.60. The number of carbonyl (C=O) groups excluding carboxylic acids is 1. The number of nitrogens with zero attached hydrogens (tertiary/aromatic N) is 4. The molecule has 0 aliphatic heterocycles. The number of imidazole rings is 1. The summed E-state index contributed by atoms with van der Waals surface area (Å²) in [5.74, 6) is 0.888. The fourth-order valence-electron chi connectivity index (χ4n) is 3.39. The van der Waals surface area contributed by atoms with Crippen molar-refractivity contribution in [3.8, 4) is 5.69 Å². The van der Waals surface area contributed by atoms with Gasteiger partial charge in [0.2, 0.25) is 0 Å². The molecule has 0 spiro atoms. The quantitative estimate of drug-likeness (QED) is 0.533. The lowest BCUT2D eigenvalue weighted by atomic mass is 10.1. The SMILES string of the molecule is Cc1nc2cc(C(=O)N(C)CCc3ccccn3)ccc2n1-c1ccccc1. The van der Waals surface area contributed by atoms with E-state index >= 15 is 0 Å². The van der Waals surface area contributed by atoms with Crippen LogP contribution in [0.4, 0.5) is 0 Å². The molecule has 5 nitrogen and oxygen atoms in total. The molecule has 0 bridgehead atoms. The van der Waals surface area contributed by atoms with Crippen LogP contribution in [-0.2, 0) is 6.42 Å². The molecule has 0 N–H and O–H groups in total. The van der Waals surface area contributed by atoms with Gasteiger partial charge in [0.15, 0.2) is 0 Å². The fraction of sp³-hybridized carbons (Fsp3) is 0.174. The van der Waals surface area contributed by atoms with Crippen molar-refractivity contribution < 1.29 is 4.79 Å². The minimum absolute atomic E-state index is 0.00950. The molecular weight excluding hydrogens is 348 g/mol. The summed E-state index contributed by atoms with van der Waals surface area (Å²) in [5, 5.41) is 0. The molecular formula is C23H22N4O. The number of pyridine rings is 1. The first-order valence-corrected chi connectivity index (χ1v) is 9.33. The lowest BCUT2D eigenvalue weighted by molar-refractivity contribution is 0.0796. The predicted molar refractivity (Wildman–Crippen MR) is 111 cm³/mol. The highest BCUT2D eigenvalue weighted by molar-refractivity contribution is 5.97. The number of likely N-dealkylation sites (N-methyl/N-ethyl adjacent to an activating group) is 1. The largest absolute Gasteiger partial charge is 0.341 e. The van der Waals surface area contributed by atoms with Gasteiger partial charge in [-0.15, -0.1) is 0 Å². The lowest BCUT2D eigenvalue weighted by Crippen LogP contribution is -2.29. The molecule has 0 radical (unpaired) electrons. The smallest absolute Gasteiger partial charge is 0.253 e. The van der Waals surface area contributed by atoms with Gasteiger partial charge in [-0.2, -0.15) is 0 Å². The Labute approximate surface area is 164 Å². The van der Waals surface area contributed by atoms with E-state index < -0.39 is 0 Å². The number of fused-ring (bicyclic) bond motifs is 1. The van der Waals surface area contributed by atoms with Crippen LogP contribution < -0.4 is 0 Å². The van der Waals surface area contributed by atoms with Crippen LogP contribution >= 0.6 is 0 Å². The molecule has 2 heterocycles. The molecule has 0 atom stereocenters. The maximum atomic E-state index is 12.8. The third-order valence-corrected chi connectivity index (χ3v) is 4.86. The summed E-state index contributed by atoms with van der Waals surface area (Å²) < 4.78 is 2.11. The van der Waals surface area contributed by atoms with Crippen molar-refractivity contribution in [3.05, 3.63) is 90.0 Å². The molecule has 0 saturated carbocycles. The molecule has 0 fully saturated rings. The van der Waals surface area contributed by atoms with Gasteiger partial charge in [-0.25, -0.2) is 4.98 Å². The zero-order chi connectivity index (χ0) is 19.5. The summed E-state index contributed by atoms with van der Waals surface area (Å²) in [6, 6.07) is 21.7. The van der Waals surface area contributed by atoms with E-state index in [1.54, 1.807) is 11.1 Å². The van der Waals surface area contributed by atoms with Crippen molar-refractivity contribution in [1.82, 2.24) is 19.4 Å². The van der Waals surface area contributed by atoms with Crippen LogP contribution in [0.5, 0.6) is 0 Å². The average Bonchev–Trinajstić information content (AvgIpc) is 3.07. The van der Waals surface area contributed by atoms with Crippen molar-refractivity contribution in [1.29, 1.82) is 0 Å². The van der Waals surface area contributed by atoms with Crippen LogP contribution in [0.1, 0.15) is 21.9 Å². The number of aromatic nitrogens is 3. The molecule has 2 aromatic heterocycles. The van der Waals surface area contributed by atoms with E-state index in [2.05, 4.69) is 26.7 Å². The zero-order valence-electron chi connectivity index (χ0n) is 16.0. The predicted octanol–water partition coefficient (Wildman–Crippen LogP) is 4.04. The minimum Gasteiger partial charge on any atom is -0.341 e. The summed E-state index contributed by atoms with van der Waals surface area (Å²) in [4.78, 5) is 23.6. The first-order chi connectivity index (χ1) is 13.6. The molecule has 0 aliphatic carbocycles. The first-order valence-electron chi connectivity index (χ1n) is 9.33. The van der Waals surface area contributed by atoms with Crippen molar-refractivity contribution in [2.24, 2.45) is 0 Å². The number of para-hydroxylation sites is 1. The van der Waals surface area contributed by atoms with E-state index in [0.717, 1.165) is 34.7 Å². The zero-order valence-corrected chi connectivity index (χ0v) is 16.0. The molecule has 140 valence electrons. The average molecular weight is 370 g/mol. The first kappa shape index (κ1) is 17.9. The monoisotopic (exact) mass is 370 g/mol. The van der Waals surface area contributed by atoms with Gasteiger partial charge in [0.05, 0.1) is 11.0 Å². The van der Waals surface area contributed by atoms with E-state index in [-0.39, 0.29) is 5.91 Å². The molecule has 0 aliphatic rings. The Morgan fingerprint density at radius 2 is 1.82 bits per heavy atom. The maximum Gasteiger partial charge on any atom is 0.253 e. The molecule has 2 aromatic carbocycles. The van der Waals surface area contributed by atoms with Crippen LogP contribution in [0, 0.1) is 6.92 Å². The number of rotatable bonds is 5. The van der Waals surface area contributed by atoms with E-state index in [4.69, 9.17) is 0 Å². The van der Waals surface area contributed by atoms with Gasteiger partial charge in [-0.1, -0.05) is 24.3 Å². The van der Waals surface area contributed by atoms with Crippen LogP contribution in [0.15, 0.2) is 72.9 Å². The Kier molecular flexibility index (Phi) is 4.89. The Morgan fingerprint density at radius 3 is 2.57 bits per heavy atom. The van der Waals surface area contributed by atoms with Crippen molar-refractivity contribution in [3.63, 3.8) is 0 Å². The van der Waals surface area contributed by atoms with E-state index in [1.807, 2.05) is 68.6 Å².